The fraction of sp³-hybridized carbons (Fsp3) is 0.280. The third kappa shape index (κ3) is 5.17. The average molecular weight is 402 g/mol. The molecule has 5 heteroatoms. The van der Waals surface area contributed by atoms with E-state index in [0.29, 0.717) is 11.6 Å². The molecule has 0 aromatic heterocycles. The number of amides is 2. The molecule has 154 valence electrons. The van der Waals surface area contributed by atoms with E-state index in [1.54, 1.807) is 12.1 Å². The van der Waals surface area contributed by atoms with E-state index in [4.69, 9.17) is 0 Å². The molecule has 0 unspecified atom stereocenters. The Balaban J connectivity index is 1.27. The Labute approximate surface area is 176 Å². The number of rotatable bonds is 6. The highest BCUT2D eigenvalue weighted by molar-refractivity contribution is 5.97. The standard InChI is InChI=1S/C25H27N3O2/c29-24(27-23-15-10-18-6-4-5-7-20(18)16-23)17-26-21-13-11-19(12-14-21)25(30)28-22-8-2-1-3-9-22/h4-7,10-16,22,26H,1-3,8-9,17H2,(H,27,29)(H,28,30). The van der Waals surface area contributed by atoms with Gasteiger partial charge in [0, 0.05) is 23.0 Å². The maximum Gasteiger partial charge on any atom is 0.251 e. The number of anilines is 2. The van der Waals surface area contributed by atoms with Crippen molar-refractivity contribution in [3.63, 3.8) is 0 Å². The van der Waals surface area contributed by atoms with Crippen molar-refractivity contribution in [2.45, 2.75) is 38.1 Å². The normalized spacial score (nSPS) is 14.3. The summed E-state index contributed by atoms with van der Waals surface area (Å²) in [5, 5.41) is 11.4. The maximum atomic E-state index is 12.4. The van der Waals surface area contributed by atoms with E-state index in [2.05, 4.69) is 16.0 Å². The van der Waals surface area contributed by atoms with Crippen molar-refractivity contribution in [1.82, 2.24) is 5.32 Å². The van der Waals surface area contributed by atoms with Crippen LogP contribution in [0.4, 0.5) is 11.4 Å². The molecule has 1 aliphatic carbocycles. The van der Waals surface area contributed by atoms with Gasteiger partial charge >= 0.3 is 0 Å². The van der Waals surface area contributed by atoms with E-state index in [-0.39, 0.29) is 18.4 Å². The first-order valence-electron chi connectivity index (χ1n) is 10.6. The first-order valence-corrected chi connectivity index (χ1v) is 10.6. The zero-order valence-corrected chi connectivity index (χ0v) is 17.0. The van der Waals surface area contributed by atoms with E-state index in [1.807, 2.05) is 54.6 Å². The highest BCUT2D eigenvalue weighted by Crippen LogP contribution is 2.19. The van der Waals surface area contributed by atoms with Crippen LogP contribution in [-0.2, 0) is 4.79 Å². The SMILES string of the molecule is O=C(CNc1ccc(C(=O)NC2CCCCC2)cc1)Nc1ccc2ccccc2c1. The summed E-state index contributed by atoms with van der Waals surface area (Å²) in [4.78, 5) is 24.7. The molecule has 3 N–H and O–H groups in total. The molecule has 0 radical (unpaired) electrons. The van der Waals surface area contributed by atoms with Crippen molar-refractivity contribution in [3.8, 4) is 0 Å². The van der Waals surface area contributed by atoms with E-state index in [1.165, 1.54) is 19.3 Å². The number of benzene rings is 3. The van der Waals surface area contributed by atoms with Crippen LogP contribution in [0.2, 0.25) is 0 Å². The quantitative estimate of drug-likeness (QED) is 0.547. The van der Waals surface area contributed by atoms with Crippen LogP contribution in [-0.4, -0.2) is 24.4 Å². The monoisotopic (exact) mass is 401 g/mol. The third-order valence-corrected chi connectivity index (χ3v) is 5.57. The fourth-order valence-corrected chi connectivity index (χ4v) is 3.91. The lowest BCUT2D eigenvalue weighted by Crippen LogP contribution is -2.36. The third-order valence-electron chi connectivity index (χ3n) is 5.57. The zero-order chi connectivity index (χ0) is 20.8. The molecular formula is C25H27N3O2. The van der Waals surface area contributed by atoms with Crippen molar-refractivity contribution in [2.24, 2.45) is 0 Å². The van der Waals surface area contributed by atoms with E-state index in [9.17, 15) is 9.59 Å². The summed E-state index contributed by atoms with van der Waals surface area (Å²) >= 11 is 0. The number of carbonyl (C=O) groups excluding carboxylic acids is 2. The van der Waals surface area contributed by atoms with Gasteiger partial charge in [0.05, 0.1) is 6.54 Å². The summed E-state index contributed by atoms with van der Waals surface area (Å²) < 4.78 is 0. The van der Waals surface area contributed by atoms with Gasteiger partial charge in [-0.3, -0.25) is 9.59 Å². The van der Waals surface area contributed by atoms with Crippen molar-refractivity contribution in [3.05, 3.63) is 72.3 Å². The molecule has 1 fully saturated rings. The van der Waals surface area contributed by atoms with Crippen LogP contribution in [0.15, 0.2) is 66.7 Å². The molecule has 3 aromatic rings. The topological polar surface area (TPSA) is 70.2 Å². The molecule has 4 rings (SSSR count). The molecule has 3 aromatic carbocycles. The van der Waals surface area contributed by atoms with Crippen LogP contribution < -0.4 is 16.0 Å². The fourth-order valence-electron chi connectivity index (χ4n) is 3.91. The maximum absolute atomic E-state index is 12.4. The molecule has 1 aliphatic rings. The lowest BCUT2D eigenvalue weighted by molar-refractivity contribution is -0.114. The summed E-state index contributed by atoms with van der Waals surface area (Å²) in [6.07, 6.45) is 5.78. The van der Waals surface area contributed by atoms with Gasteiger partial charge in [-0.2, -0.15) is 0 Å². The Bertz CT molecular complexity index is 1020. The second-order valence-electron chi connectivity index (χ2n) is 7.85. The lowest BCUT2D eigenvalue weighted by Gasteiger charge is -2.22. The number of nitrogens with one attached hydrogen (secondary N) is 3. The molecule has 0 saturated heterocycles. The Morgan fingerprint density at radius 3 is 2.27 bits per heavy atom. The summed E-state index contributed by atoms with van der Waals surface area (Å²) in [6.45, 7) is 0.153. The van der Waals surface area contributed by atoms with Crippen molar-refractivity contribution in [1.29, 1.82) is 0 Å². The molecule has 0 aliphatic heterocycles. The van der Waals surface area contributed by atoms with E-state index >= 15 is 0 Å². The molecule has 30 heavy (non-hydrogen) atoms. The lowest BCUT2D eigenvalue weighted by atomic mass is 9.95. The molecule has 0 spiro atoms. The largest absolute Gasteiger partial charge is 0.376 e. The second kappa shape index (κ2) is 9.44. The Kier molecular flexibility index (Phi) is 6.28. The smallest absolute Gasteiger partial charge is 0.251 e. The first kappa shape index (κ1) is 20.0. The second-order valence-corrected chi connectivity index (χ2v) is 7.85. The van der Waals surface area contributed by atoms with Gasteiger partial charge in [-0.15, -0.1) is 0 Å². The molecular weight excluding hydrogens is 374 g/mol. The minimum atomic E-state index is -0.121. The first-order chi connectivity index (χ1) is 14.7. The van der Waals surface area contributed by atoms with Gasteiger partial charge in [0.2, 0.25) is 5.91 Å². The van der Waals surface area contributed by atoms with E-state index in [0.717, 1.165) is 35.0 Å². The van der Waals surface area contributed by atoms with E-state index < -0.39 is 0 Å². The summed E-state index contributed by atoms with van der Waals surface area (Å²) in [5.41, 5.74) is 2.22. The minimum Gasteiger partial charge on any atom is -0.376 e. The van der Waals surface area contributed by atoms with Gasteiger partial charge in [-0.05, 0) is 60.0 Å². The van der Waals surface area contributed by atoms with Gasteiger partial charge in [-0.25, -0.2) is 0 Å². The Morgan fingerprint density at radius 1 is 0.800 bits per heavy atom. The molecule has 5 nitrogen and oxygen atoms in total. The van der Waals surface area contributed by atoms with Crippen molar-refractivity contribution in [2.75, 3.05) is 17.2 Å². The van der Waals surface area contributed by atoms with Crippen LogP contribution >= 0.6 is 0 Å². The number of fused-ring (bicyclic) bond motifs is 1. The molecule has 0 bridgehead atoms. The van der Waals surface area contributed by atoms with Gasteiger partial charge in [0.1, 0.15) is 0 Å². The van der Waals surface area contributed by atoms with Crippen LogP contribution in [0.5, 0.6) is 0 Å². The van der Waals surface area contributed by atoms with Crippen molar-refractivity contribution < 1.29 is 9.59 Å². The van der Waals surface area contributed by atoms with Crippen molar-refractivity contribution >= 4 is 34.0 Å². The number of hydrogen-bond acceptors (Lipinski definition) is 3. The summed E-state index contributed by atoms with van der Waals surface area (Å²) in [7, 11) is 0. The average Bonchev–Trinajstić information content (AvgIpc) is 2.78. The predicted molar refractivity (Wildman–Crippen MR) is 122 cm³/mol. The molecule has 0 heterocycles. The van der Waals surface area contributed by atoms with Crippen LogP contribution in [0.25, 0.3) is 10.8 Å². The van der Waals surface area contributed by atoms with Gasteiger partial charge in [0.25, 0.3) is 5.91 Å². The van der Waals surface area contributed by atoms with Crippen LogP contribution in [0, 0.1) is 0 Å². The van der Waals surface area contributed by atoms with Crippen LogP contribution in [0.1, 0.15) is 42.5 Å². The summed E-state index contributed by atoms with van der Waals surface area (Å²) in [6, 6.07) is 21.5. The summed E-state index contributed by atoms with van der Waals surface area (Å²) in [5.74, 6) is -0.146. The number of carbonyl (C=O) groups is 2. The van der Waals surface area contributed by atoms with Gasteiger partial charge in [-0.1, -0.05) is 49.6 Å². The van der Waals surface area contributed by atoms with Gasteiger partial charge in [0.15, 0.2) is 0 Å². The number of hydrogen-bond donors (Lipinski definition) is 3. The highest BCUT2D eigenvalue weighted by Gasteiger charge is 2.16. The van der Waals surface area contributed by atoms with Gasteiger partial charge < -0.3 is 16.0 Å². The molecule has 2 amide bonds. The minimum absolute atomic E-state index is 0.0255. The Hall–Kier alpha value is -3.34. The Morgan fingerprint density at radius 2 is 1.50 bits per heavy atom. The molecule has 0 atom stereocenters. The zero-order valence-electron chi connectivity index (χ0n) is 17.0. The highest BCUT2D eigenvalue weighted by atomic mass is 16.2. The van der Waals surface area contributed by atoms with Crippen LogP contribution in [0.3, 0.4) is 0 Å². The predicted octanol–water partition coefficient (Wildman–Crippen LogP) is 4.95. The molecule has 1 saturated carbocycles.